The molecular weight excluding hydrogens is 1120 g/mol. The lowest BCUT2D eigenvalue weighted by atomic mass is 10.0. The van der Waals surface area contributed by atoms with Crippen molar-refractivity contribution in [3.63, 3.8) is 0 Å². The SMILES string of the molecule is COc1ccc2c(CC(=O)N3CCC[C@H]3C(=O)N[C@@H](CC(C)C)C(=O)NCC(=O)N[C@@H](CCCCOCc3ccccc3)C(=O)N[C@@H](CNc3ccc([N+](=O)[O-])cc3[N+](=O)[O-])C(=O)N[C@@H](C)C(=O)N[C@@H](CCCN=C(N)N)C(N)=O)cc(=O)oc2c1. The number of guanidine groups is 1. The Hall–Kier alpha value is -9.74. The second kappa shape index (κ2) is 32.9. The maximum absolute atomic E-state index is 14.4. The Morgan fingerprint density at radius 3 is 2.16 bits per heavy atom. The lowest BCUT2D eigenvalue weighted by Gasteiger charge is -2.27. The van der Waals surface area contributed by atoms with E-state index in [1.165, 1.54) is 31.1 Å². The first-order valence-electron chi connectivity index (χ1n) is 27.8. The molecule has 1 aliphatic rings. The number of carbonyl (C=O) groups excluding carboxylic acids is 8. The summed E-state index contributed by atoms with van der Waals surface area (Å²) in [7, 11) is 1.45. The zero-order valence-corrected chi connectivity index (χ0v) is 48.1. The van der Waals surface area contributed by atoms with Crippen molar-refractivity contribution in [2.45, 2.75) is 121 Å². The van der Waals surface area contributed by atoms with Crippen LogP contribution in [-0.2, 0) is 56.1 Å². The molecule has 0 unspecified atom stereocenters. The molecule has 0 aliphatic carbocycles. The molecule has 1 saturated heterocycles. The molecule has 13 N–H and O–H groups in total. The Balaban J connectivity index is 1.31. The number of nitro benzene ring substituents is 2. The number of amides is 8. The molecule has 6 atom stereocenters. The fourth-order valence-electron chi connectivity index (χ4n) is 9.27. The van der Waals surface area contributed by atoms with Gasteiger partial charge in [-0.1, -0.05) is 44.2 Å². The third-order valence-electron chi connectivity index (χ3n) is 13.7. The van der Waals surface area contributed by atoms with Crippen LogP contribution in [0, 0.1) is 26.1 Å². The van der Waals surface area contributed by atoms with Crippen LogP contribution in [0.1, 0.15) is 83.3 Å². The average Bonchev–Trinajstić information content (AvgIpc) is 1.71. The normalized spacial score (nSPS) is 14.5. The quantitative estimate of drug-likeness (QED) is 0.00772. The van der Waals surface area contributed by atoms with E-state index < -0.39 is 123 Å². The van der Waals surface area contributed by atoms with E-state index in [9.17, 15) is 63.4 Å². The average molecular weight is 1200 g/mol. The number of aliphatic imine (C=N–C) groups is 1. The highest BCUT2D eigenvalue weighted by Crippen LogP contribution is 2.29. The number of non-ortho nitro benzene ring substituents is 1. The van der Waals surface area contributed by atoms with Crippen LogP contribution in [0.2, 0.25) is 0 Å². The van der Waals surface area contributed by atoms with Gasteiger partial charge in [0.25, 0.3) is 11.4 Å². The number of ether oxygens (including phenoxy) is 2. The number of hydrogen-bond acceptors (Lipinski definition) is 18. The zero-order chi connectivity index (χ0) is 63.0. The van der Waals surface area contributed by atoms with Gasteiger partial charge in [-0.2, -0.15) is 0 Å². The number of methoxy groups -OCH3 is 1. The van der Waals surface area contributed by atoms with Gasteiger partial charge in [0, 0.05) is 49.8 Å². The molecule has 86 heavy (non-hydrogen) atoms. The lowest BCUT2D eigenvalue weighted by molar-refractivity contribution is -0.393. The number of likely N-dealkylation sites (tertiary alicyclic amines) is 1. The van der Waals surface area contributed by atoms with Crippen LogP contribution in [0.25, 0.3) is 11.0 Å². The highest BCUT2D eigenvalue weighted by molar-refractivity contribution is 5.97. The molecule has 5 rings (SSSR count). The van der Waals surface area contributed by atoms with Gasteiger partial charge >= 0.3 is 5.63 Å². The lowest BCUT2D eigenvalue weighted by Crippen LogP contribution is -2.59. The van der Waals surface area contributed by atoms with Crippen LogP contribution in [-0.4, -0.2) is 144 Å². The van der Waals surface area contributed by atoms with Crippen molar-refractivity contribution < 1.29 is 62.1 Å². The van der Waals surface area contributed by atoms with Crippen molar-refractivity contribution in [3.05, 3.63) is 115 Å². The minimum Gasteiger partial charge on any atom is -0.497 e. The van der Waals surface area contributed by atoms with Gasteiger partial charge in [-0.3, -0.25) is 63.6 Å². The molecule has 8 amide bonds. The van der Waals surface area contributed by atoms with Crippen LogP contribution in [0.3, 0.4) is 0 Å². The minimum atomic E-state index is -1.71. The van der Waals surface area contributed by atoms with Gasteiger partial charge in [0.2, 0.25) is 47.3 Å². The molecule has 30 nitrogen and oxygen atoms in total. The van der Waals surface area contributed by atoms with Crippen molar-refractivity contribution in [2.24, 2.45) is 28.1 Å². The van der Waals surface area contributed by atoms with Crippen molar-refractivity contribution >= 4 is 81.2 Å². The summed E-state index contributed by atoms with van der Waals surface area (Å²) >= 11 is 0. The molecule has 1 aliphatic heterocycles. The Kier molecular flexibility index (Phi) is 25.7. The van der Waals surface area contributed by atoms with E-state index in [0.717, 1.165) is 17.7 Å². The number of hydrogen-bond donors (Lipinski definition) is 10. The molecule has 464 valence electrons. The third-order valence-corrected chi connectivity index (χ3v) is 13.7. The van der Waals surface area contributed by atoms with Crippen LogP contribution < -0.4 is 64.8 Å². The molecule has 1 fully saturated rings. The Morgan fingerprint density at radius 2 is 1.49 bits per heavy atom. The predicted molar refractivity (Wildman–Crippen MR) is 313 cm³/mol. The number of rotatable bonds is 34. The fourth-order valence-corrected chi connectivity index (χ4v) is 9.27. The number of nitrogens with one attached hydrogen (secondary N) is 7. The molecule has 0 spiro atoms. The van der Waals surface area contributed by atoms with Crippen molar-refractivity contribution in [3.8, 4) is 5.75 Å². The highest BCUT2D eigenvalue weighted by Gasteiger charge is 2.37. The molecule has 1 aromatic heterocycles. The second-order valence-corrected chi connectivity index (χ2v) is 20.7. The van der Waals surface area contributed by atoms with E-state index >= 15 is 0 Å². The molecule has 0 radical (unpaired) electrons. The van der Waals surface area contributed by atoms with Crippen molar-refractivity contribution in [1.29, 1.82) is 0 Å². The maximum Gasteiger partial charge on any atom is 0.336 e. The number of anilines is 1. The van der Waals surface area contributed by atoms with Gasteiger partial charge in [-0.05, 0) is 93.5 Å². The summed E-state index contributed by atoms with van der Waals surface area (Å²) in [5.41, 5.74) is 15.4. The minimum absolute atomic E-state index is 0.0130. The summed E-state index contributed by atoms with van der Waals surface area (Å²) in [6.45, 7) is 4.37. The Bertz CT molecular complexity index is 3170. The number of primary amides is 1. The van der Waals surface area contributed by atoms with Crippen LogP contribution in [0.4, 0.5) is 17.1 Å². The van der Waals surface area contributed by atoms with Gasteiger partial charge in [0.05, 0.1) is 42.6 Å². The molecule has 4 aromatic rings. The molecule has 0 saturated carbocycles. The maximum atomic E-state index is 14.4. The van der Waals surface area contributed by atoms with Gasteiger partial charge in [0.15, 0.2) is 5.96 Å². The summed E-state index contributed by atoms with van der Waals surface area (Å²) in [5.74, 6) is -6.42. The van der Waals surface area contributed by atoms with Gasteiger partial charge in [-0.15, -0.1) is 0 Å². The number of carbonyl (C=O) groups is 8. The van der Waals surface area contributed by atoms with E-state index in [2.05, 4.69) is 42.2 Å². The first-order valence-corrected chi connectivity index (χ1v) is 27.8. The van der Waals surface area contributed by atoms with Crippen LogP contribution in [0.5, 0.6) is 5.75 Å². The van der Waals surface area contributed by atoms with E-state index in [1.54, 1.807) is 12.1 Å². The van der Waals surface area contributed by atoms with Crippen molar-refractivity contribution in [2.75, 3.05) is 45.2 Å². The summed E-state index contributed by atoms with van der Waals surface area (Å²) in [6, 6.07) is 10.1. The van der Waals surface area contributed by atoms with Crippen LogP contribution in [0.15, 0.2) is 87.0 Å². The van der Waals surface area contributed by atoms with E-state index in [-0.39, 0.29) is 94.4 Å². The number of nitrogens with two attached hydrogens (primary N) is 3. The molecule has 2 heterocycles. The molecular formula is C56H74N14O16. The smallest absolute Gasteiger partial charge is 0.336 e. The summed E-state index contributed by atoms with van der Waals surface area (Å²) in [4.78, 5) is 149. The first kappa shape index (κ1) is 67.1. The van der Waals surface area contributed by atoms with Crippen LogP contribution >= 0.6 is 0 Å². The van der Waals surface area contributed by atoms with E-state index in [4.69, 9.17) is 31.1 Å². The summed E-state index contributed by atoms with van der Waals surface area (Å²) in [6.07, 6.45) is 1.43. The zero-order valence-electron chi connectivity index (χ0n) is 48.1. The molecule has 0 bridgehead atoms. The van der Waals surface area contributed by atoms with E-state index in [1.807, 2.05) is 44.2 Å². The molecule has 3 aromatic carbocycles. The number of benzene rings is 3. The number of nitro groups is 2. The Morgan fingerprint density at radius 1 is 0.779 bits per heavy atom. The summed E-state index contributed by atoms with van der Waals surface area (Å²) < 4.78 is 16.4. The largest absolute Gasteiger partial charge is 0.497 e. The predicted octanol–water partition coefficient (Wildman–Crippen LogP) is 0.796. The Labute approximate surface area is 493 Å². The highest BCUT2D eigenvalue weighted by atomic mass is 16.6. The monoisotopic (exact) mass is 1200 g/mol. The molecule has 30 heteroatoms. The van der Waals surface area contributed by atoms with E-state index in [0.29, 0.717) is 35.6 Å². The standard InChI is InChI=1S/C56H74N14O16/c1-32(2)24-42(66-55(79)44-16-11-22-68(44)48(72)25-35-26-49(73)86-46-28-37(84-4)18-19-38(35)46)52(76)62-30-47(71)64-41(14-8-9-23-85-31-34-12-6-5-7-13-34)53(77)67-43(29-61-39-20-17-36(69(80)81)27-45(39)70(82)83)54(78)63-33(3)51(75)65-40(50(57)74)15-10-21-60-56(58)59/h5-7,12-13,17-20,26-28,32-33,40-44,61H,8-11,14-16,21-25,29-31H2,1-4H3,(H2,57,74)(H,62,76)(H,63,78)(H,64,71)(H,65,75)(H,66,79)(H,67,77)(H4,58,59,60)/t33-,40-,41-,42-,43-,44-/m0/s1. The number of fused-ring (bicyclic) bond motifs is 1. The topological polar surface area (TPSA) is 449 Å². The van der Waals surface area contributed by atoms with Gasteiger partial charge in [-0.25, -0.2) is 4.79 Å². The summed E-state index contributed by atoms with van der Waals surface area (Å²) in [5, 5.41) is 41.9. The van der Waals surface area contributed by atoms with Crippen molar-refractivity contribution in [1.82, 2.24) is 36.8 Å². The third kappa shape index (κ3) is 20.8. The first-order chi connectivity index (χ1) is 40.9. The number of nitrogens with zero attached hydrogens (tertiary/aromatic N) is 4. The van der Waals surface area contributed by atoms with Gasteiger partial charge in [0.1, 0.15) is 53.3 Å². The number of unbranched alkanes of at least 4 members (excludes halogenated alkanes) is 1. The fraction of sp³-hybridized carbons (Fsp3) is 0.464. The second-order valence-electron chi connectivity index (χ2n) is 20.7. The van der Waals surface area contributed by atoms with Gasteiger partial charge < -0.3 is 73.2 Å².